The molecule has 0 spiro atoms. The van der Waals surface area contributed by atoms with Crippen LogP contribution >= 0.6 is 23.4 Å². The Kier molecular flexibility index (Phi) is 5.91. The van der Waals surface area contributed by atoms with Crippen molar-refractivity contribution in [3.8, 4) is 0 Å². The van der Waals surface area contributed by atoms with Crippen molar-refractivity contribution < 1.29 is 15.0 Å². The van der Waals surface area contributed by atoms with Crippen molar-refractivity contribution in [2.24, 2.45) is 0 Å². The highest BCUT2D eigenvalue weighted by molar-refractivity contribution is 8.13. The molecule has 94 valence electrons. The minimum absolute atomic E-state index is 0.00688. The first kappa shape index (κ1) is 14.4. The van der Waals surface area contributed by atoms with Gasteiger partial charge in [0.15, 0.2) is 5.12 Å². The minimum atomic E-state index is -1.08. The van der Waals surface area contributed by atoms with Crippen LogP contribution in [0.3, 0.4) is 0 Å². The lowest BCUT2D eigenvalue weighted by Crippen LogP contribution is -2.20. The van der Waals surface area contributed by atoms with Crippen LogP contribution in [0.2, 0.25) is 5.15 Å². The lowest BCUT2D eigenvalue weighted by atomic mass is 10.1. The molecule has 1 aromatic rings. The van der Waals surface area contributed by atoms with Gasteiger partial charge in [0.05, 0.1) is 11.8 Å². The molecule has 1 rings (SSSR count). The van der Waals surface area contributed by atoms with Gasteiger partial charge in [-0.2, -0.15) is 0 Å². The van der Waals surface area contributed by atoms with Gasteiger partial charge in [-0.15, -0.1) is 0 Å². The quantitative estimate of drug-likeness (QED) is 0.802. The summed E-state index contributed by atoms with van der Waals surface area (Å²) in [6.07, 6.45) is -1.71. The molecule has 1 aromatic heterocycles. The van der Waals surface area contributed by atoms with Crippen LogP contribution in [0.25, 0.3) is 0 Å². The first-order valence-electron chi connectivity index (χ1n) is 5.12. The van der Waals surface area contributed by atoms with E-state index in [1.165, 1.54) is 6.92 Å². The van der Waals surface area contributed by atoms with Crippen LogP contribution in [0.15, 0.2) is 18.2 Å². The molecule has 0 amide bonds. The first-order valence-corrected chi connectivity index (χ1v) is 6.49. The van der Waals surface area contributed by atoms with E-state index in [2.05, 4.69) is 4.98 Å². The van der Waals surface area contributed by atoms with Gasteiger partial charge in [-0.1, -0.05) is 29.4 Å². The molecule has 1 heterocycles. The Bertz CT molecular complexity index is 389. The molecule has 17 heavy (non-hydrogen) atoms. The van der Waals surface area contributed by atoms with Gasteiger partial charge in [0.1, 0.15) is 11.3 Å². The molecule has 0 bridgehead atoms. The number of halogens is 1. The maximum atomic E-state index is 10.7. The number of carbonyl (C=O) groups is 1. The molecule has 0 radical (unpaired) electrons. The molecule has 0 aliphatic heterocycles. The number of aromatic nitrogens is 1. The Morgan fingerprint density at radius 2 is 2.24 bits per heavy atom. The Labute approximate surface area is 109 Å². The van der Waals surface area contributed by atoms with Crippen LogP contribution in [0, 0.1) is 0 Å². The zero-order chi connectivity index (χ0) is 12.8. The Morgan fingerprint density at radius 1 is 1.53 bits per heavy atom. The number of hydrogen-bond donors (Lipinski definition) is 2. The van der Waals surface area contributed by atoms with Gasteiger partial charge in [0.2, 0.25) is 0 Å². The van der Waals surface area contributed by atoms with Crippen LogP contribution < -0.4 is 0 Å². The number of aliphatic hydroxyl groups excluding tert-OH is 2. The molecule has 2 unspecified atom stereocenters. The van der Waals surface area contributed by atoms with Crippen molar-refractivity contribution in [2.45, 2.75) is 25.6 Å². The second-order valence-corrected chi connectivity index (χ2v) is 5.19. The van der Waals surface area contributed by atoms with Crippen molar-refractivity contribution in [3.63, 3.8) is 0 Å². The molecule has 0 saturated heterocycles. The van der Waals surface area contributed by atoms with Gasteiger partial charge >= 0.3 is 0 Å². The summed E-state index contributed by atoms with van der Waals surface area (Å²) in [5.74, 6) is 0.466. The zero-order valence-electron chi connectivity index (χ0n) is 9.34. The smallest absolute Gasteiger partial charge is 0.185 e. The Hall–Kier alpha value is -0.620. The van der Waals surface area contributed by atoms with Crippen molar-refractivity contribution in [1.29, 1.82) is 0 Å². The van der Waals surface area contributed by atoms with Crippen LogP contribution in [0.5, 0.6) is 0 Å². The average molecular weight is 276 g/mol. The van der Waals surface area contributed by atoms with Crippen molar-refractivity contribution in [1.82, 2.24) is 4.98 Å². The number of pyridine rings is 1. The van der Waals surface area contributed by atoms with Crippen LogP contribution in [-0.4, -0.2) is 32.2 Å². The van der Waals surface area contributed by atoms with E-state index in [9.17, 15) is 15.0 Å². The van der Waals surface area contributed by atoms with Crippen LogP contribution in [0.1, 0.15) is 25.1 Å². The first-order chi connectivity index (χ1) is 8.00. The summed E-state index contributed by atoms with van der Waals surface area (Å²) in [7, 11) is 0. The second kappa shape index (κ2) is 6.96. The largest absolute Gasteiger partial charge is 0.390 e. The van der Waals surface area contributed by atoms with Crippen LogP contribution in [0.4, 0.5) is 0 Å². The summed E-state index contributed by atoms with van der Waals surface area (Å²) < 4.78 is 0. The van der Waals surface area contributed by atoms with Crippen LogP contribution in [-0.2, 0) is 4.79 Å². The van der Waals surface area contributed by atoms with Gasteiger partial charge in [0, 0.05) is 12.7 Å². The highest BCUT2D eigenvalue weighted by Gasteiger charge is 2.19. The highest BCUT2D eigenvalue weighted by atomic mass is 35.5. The maximum absolute atomic E-state index is 10.7. The summed E-state index contributed by atoms with van der Waals surface area (Å²) in [6.45, 7) is 1.46. The predicted octanol–water partition coefficient (Wildman–Crippen LogP) is 1.80. The van der Waals surface area contributed by atoms with E-state index in [-0.39, 0.29) is 10.3 Å². The Balaban J connectivity index is 2.51. The molecule has 6 heteroatoms. The molecule has 0 aliphatic carbocycles. The topological polar surface area (TPSA) is 70.4 Å². The fraction of sp³-hybridized carbons (Fsp3) is 0.455. The molecular formula is C11H14ClNO3S. The molecular weight excluding hydrogens is 262 g/mol. The molecule has 2 atom stereocenters. The fourth-order valence-electron chi connectivity index (χ4n) is 1.27. The summed E-state index contributed by atoms with van der Waals surface area (Å²) in [5.41, 5.74) is 0.331. The third kappa shape index (κ3) is 5.04. The minimum Gasteiger partial charge on any atom is -0.390 e. The number of thioether (sulfide) groups is 1. The van der Waals surface area contributed by atoms with Crippen molar-refractivity contribution in [2.75, 3.05) is 5.75 Å². The lowest BCUT2D eigenvalue weighted by Gasteiger charge is -2.16. The lowest BCUT2D eigenvalue weighted by molar-refractivity contribution is -0.109. The number of nitrogens with zero attached hydrogens (tertiary/aromatic N) is 1. The van der Waals surface area contributed by atoms with Crippen molar-refractivity contribution in [3.05, 3.63) is 29.0 Å². The standard InChI is InChI=1S/C11H14ClNO3S/c1-7(14)17-6-5-9(15)11(16)8-3-2-4-10(12)13-8/h2-4,9,11,15-16H,5-6H2,1H3. The summed E-state index contributed by atoms with van der Waals surface area (Å²) in [5, 5.41) is 19.8. The summed E-state index contributed by atoms with van der Waals surface area (Å²) in [4.78, 5) is 14.6. The molecule has 0 aliphatic rings. The predicted molar refractivity (Wildman–Crippen MR) is 68.0 cm³/mol. The SMILES string of the molecule is CC(=O)SCCC(O)C(O)c1cccc(Cl)n1. The third-order valence-corrected chi connectivity index (χ3v) is 3.18. The van der Waals surface area contributed by atoms with E-state index in [0.717, 1.165) is 11.8 Å². The van der Waals surface area contributed by atoms with Gasteiger partial charge in [-0.05, 0) is 18.6 Å². The number of aliphatic hydroxyl groups is 2. The normalized spacial score (nSPS) is 14.4. The van der Waals surface area contributed by atoms with E-state index in [0.29, 0.717) is 17.9 Å². The van der Waals surface area contributed by atoms with Gasteiger partial charge in [0.25, 0.3) is 0 Å². The van der Waals surface area contributed by atoms with E-state index < -0.39 is 12.2 Å². The molecule has 0 aromatic carbocycles. The highest BCUT2D eigenvalue weighted by Crippen LogP contribution is 2.20. The molecule has 2 N–H and O–H groups in total. The summed E-state index contributed by atoms with van der Waals surface area (Å²) in [6, 6.07) is 4.85. The maximum Gasteiger partial charge on any atom is 0.185 e. The van der Waals surface area contributed by atoms with E-state index >= 15 is 0 Å². The van der Waals surface area contributed by atoms with Gasteiger partial charge in [-0.25, -0.2) is 4.98 Å². The van der Waals surface area contributed by atoms with E-state index in [1.807, 2.05) is 0 Å². The Morgan fingerprint density at radius 3 is 2.82 bits per heavy atom. The molecule has 0 fully saturated rings. The van der Waals surface area contributed by atoms with Crippen molar-refractivity contribution >= 4 is 28.5 Å². The third-order valence-electron chi connectivity index (χ3n) is 2.12. The van der Waals surface area contributed by atoms with Gasteiger partial charge in [-0.3, -0.25) is 4.79 Å². The van der Waals surface area contributed by atoms with Gasteiger partial charge < -0.3 is 10.2 Å². The van der Waals surface area contributed by atoms with E-state index in [1.54, 1.807) is 18.2 Å². The number of carbonyl (C=O) groups excluding carboxylic acids is 1. The second-order valence-electron chi connectivity index (χ2n) is 3.53. The number of hydrogen-bond acceptors (Lipinski definition) is 5. The van der Waals surface area contributed by atoms with E-state index in [4.69, 9.17) is 11.6 Å². The average Bonchev–Trinajstić information content (AvgIpc) is 2.27. The number of rotatable bonds is 5. The molecule has 4 nitrogen and oxygen atoms in total. The zero-order valence-corrected chi connectivity index (χ0v) is 10.9. The molecule has 0 saturated carbocycles. The summed E-state index contributed by atoms with van der Waals surface area (Å²) >= 11 is 6.81. The monoisotopic (exact) mass is 275 g/mol. The fourth-order valence-corrected chi connectivity index (χ4v) is 2.08.